The molecule has 2 aromatic rings. The Labute approximate surface area is 149 Å². The van der Waals surface area contributed by atoms with Crippen molar-refractivity contribution in [3.05, 3.63) is 71.0 Å². The lowest BCUT2D eigenvalue weighted by molar-refractivity contribution is -0.122. The minimum atomic E-state index is -1.57. The van der Waals surface area contributed by atoms with Crippen LogP contribution >= 0.6 is 0 Å². The average molecular weight is 363 g/mol. The van der Waals surface area contributed by atoms with Gasteiger partial charge in [-0.3, -0.25) is 4.79 Å². The summed E-state index contributed by atoms with van der Waals surface area (Å²) in [5, 5.41) is 12.4. The van der Waals surface area contributed by atoms with Crippen LogP contribution in [0.3, 0.4) is 0 Å². The standard InChI is InChI=1S/C20H20F3NO2/c21-16-7-6-13(19(22)20(16)23)11-18(26)24-17(14-9-15(25)10-14)8-12-4-2-1-3-5-12/h1-7,14-15,17,25H,8-11H2,(H,24,26)/t14?,15?,17-/m1/s1. The molecule has 3 rings (SSSR count). The third-order valence-electron chi connectivity index (χ3n) is 4.83. The second-order valence-corrected chi connectivity index (χ2v) is 6.76. The van der Waals surface area contributed by atoms with E-state index in [9.17, 15) is 23.1 Å². The summed E-state index contributed by atoms with van der Waals surface area (Å²) in [6, 6.07) is 11.3. The molecule has 1 fully saturated rings. The normalized spacial score (nSPS) is 20.3. The fraction of sp³-hybridized carbons (Fsp3) is 0.350. The zero-order valence-corrected chi connectivity index (χ0v) is 14.1. The van der Waals surface area contributed by atoms with Gasteiger partial charge in [-0.15, -0.1) is 0 Å². The van der Waals surface area contributed by atoms with E-state index < -0.39 is 23.4 Å². The van der Waals surface area contributed by atoms with Crippen LogP contribution in [0.1, 0.15) is 24.0 Å². The van der Waals surface area contributed by atoms with Gasteiger partial charge in [0.25, 0.3) is 0 Å². The lowest BCUT2D eigenvalue weighted by Gasteiger charge is -2.38. The van der Waals surface area contributed by atoms with Gasteiger partial charge in [-0.1, -0.05) is 36.4 Å². The summed E-state index contributed by atoms with van der Waals surface area (Å²) in [4.78, 5) is 12.3. The number of hydrogen-bond donors (Lipinski definition) is 2. The molecule has 138 valence electrons. The highest BCUT2D eigenvalue weighted by Gasteiger charge is 2.34. The Morgan fingerprint density at radius 3 is 2.42 bits per heavy atom. The molecule has 0 spiro atoms. The van der Waals surface area contributed by atoms with Crippen molar-refractivity contribution in [1.82, 2.24) is 5.32 Å². The third kappa shape index (κ3) is 4.25. The third-order valence-corrected chi connectivity index (χ3v) is 4.83. The van der Waals surface area contributed by atoms with Crippen molar-refractivity contribution in [2.75, 3.05) is 0 Å². The van der Waals surface area contributed by atoms with Gasteiger partial charge in [-0.25, -0.2) is 13.2 Å². The monoisotopic (exact) mass is 363 g/mol. The SMILES string of the molecule is O=C(Cc1ccc(F)c(F)c1F)N[C@H](Cc1ccccc1)C1CC(O)C1. The van der Waals surface area contributed by atoms with Crippen molar-refractivity contribution in [1.29, 1.82) is 0 Å². The maximum absolute atomic E-state index is 13.8. The predicted octanol–water partition coefficient (Wildman–Crippen LogP) is 3.14. The first-order valence-electron chi connectivity index (χ1n) is 8.57. The van der Waals surface area contributed by atoms with Gasteiger partial charge in [-0.05, 0) is 36.8 Å². The van der Waals surface area contributed by atoms with E-state index >= 15 is 0 Å². The first-order chi connectivity index (χ1) is 12.4. The lowest BCUT2D eigenvalue weighted by Crippen LogP contribution is -2.48. The summed E-state index contributed by atoms with van der Waals surface area (Å²) < 4.78 is 40.1. The molecule has 0 aromatic heterocycles. The molecular formula is C20H20F3NO2. The Hall–Kier alpha value is -2.34. The predicted molar refractivity (Wildman–Crippen MR) is 90.8 cm³/mol. The topological polar surface area (TPSA) is 49.3 Å². The van der Waals surface area contributed by atoms with Crippen LogP contribution in [0.2, 0.25) is 0 Å². The Bertz CT molecular complexity index is 776. The van der Waals surface area contributed by atoms with Gasteiger partial charge in [0.2, 0.25) is 5.91 Å². The van der Waals surface area contributed by atoms with E-state index in [1.165, 1.54) is 0 Å². The minimum Gasteiger partial charge on any atom is -0.393 e. The van der Waals surface area contributed by atoms with Gasteiger partial charge >= 0.3 is 0 Å². The van der Waals surface area contributed by atoms with Crippen LogP contribution in [-0.2, 0) is 17.6 Å². The Kier molecular flexibility index (Phi) is 5.61. The largest absolute Gasteiger partial charge is 0.393 e. The molecular weight excluding hydrogens is 343 g/mol. The number of halogens is 3. The molecule has 2 aromatic carbocycles. The summed E-state index contributed by atoms with van der Waals surface area (Å²) in [5.41, 5.74) is 0.853. The average Bonchev–Trinajstić information content (AvgIpc) is 2.60. The van der Waals surface area contributed by atoms with Gasteiger partial charge in [0.15, 0.2) is 17.5 Å². The highest BCUT2D eigenvalue weighted by molar-refractivity contribution is 5.79. The highest BCUT2D eigenvalue weighted by atomic mass is 19.2. The second-order valence-electron chi connectivity index (χ2n) is 6.76. The van der Waals surface area contributed by atoms with Crippen LogP contribution in [0, 0.1) is 23.4 Å². The Balaban J connectivity index is 1.68. The molecule has 1 amide bonds. The number of aliphatic hydroxyl groups is 1. The fourth-order valence-electron chi connectivity index (χ4n) is 3.30. The molecule has 0 heterocycles. The summed E-state index contributed by atoms with van der Waals surface area (Å²) in [6.45, 7) is 0. The smallest absolute Gasteiger partial charge is 0.224 e. The number of nitrogens with one attached hydrogen (secondary N) is 1. The summed E-state index contributed by atoms with van der Waals surface area (Å²) >= 11 is 0. The number of hydrogen-bond acceptors (Lipinski definition) is 2. The molecule has 2 N–H and O–H groups in total. The minimum absolute atomic E-state index is 0.129. The Morgan fingerprint density at radius 1 is 1.08 bits per heavy atom. The summed E-state index contributed by atoms with van der Waals surface area (Å²) in [5.74, 6) is -4.52. The molecule has 0 bridgehead atoms. The van der Waals surface area contributed by atoms with Gasteiger partial charge in [-0.2, -0.15) is 0 Å². The zero-order chi connectivity index (χ0) is 18.7. The summed E-state index contributed by atoms with van der Waals surface area (Å²) in [7, 11) is 0. The highest BCUT2D eigenvalue weighted by Crippen LogP contribution is 2.31. The van der Waals surface area contributed by atoms with E-state index in [0.717, 1.165) is 17.7 Å². The van der Waals surface area contributed by atoms with Crippen molar-refractivity contribution in [2.45, 2.75) is 37.8 Å². The zero-order valence-electron chi connectivity index (χ0n) is 14.1. The molecule has 26 heavy (non-hydrogen) atoms. The number of rotatable bonds is 6. The van der Waals surface area contributed by atoms with Gasteiger partial charge in [0.1, 0.15) is 0 Å². The molecule has 1 aliphatic rings. The maximum atomic E-state index is 13.8. The number of carbonyl (C=O) groups excluding carboxylic acids is 1. The molecule has 0 saturated heterocycles. The second kappa shape index (κ2) is 7.91. The van der Waals surface area contributed by atoms with Crippen LogP contribution in [0.5, 0.6) is 0 Å². The summed E-state index contributed by atoms with van der Waals surface area (Å²) in [6.07, 6.45) is 1.04. The van der Waals surface area contributed by atoms with Crippen LogP contribution in [0.4, 0.5) is 13.2 Å². The van der Waals surface area contributed by atoms with Crippen LogP contribution in [0.15, 0.2) is 42.5 Å². The van der Waals surface area contributed by atoms with E-state index in [-0.39, 0.29) is 30.0 Å². The molecule has 1 atom stereocenters. The molecule has 6 heteroatoms. The van der Waals surface area contributed by atoms with Crippen molar-refractivity contribution in [2.24, 2.45) is 5.92 Å². The van der Waals surface area contributed by atoms with Crippen LogP contribution in [0.25, 0.3) is 0 Å². The van der Waals surface area contributed by atoms with Crippen molar-refractivity contribution in [3.63, 3.8) is 0 Å². The van der Waals surface area contributed by atoms with Crippen LogP contribution in [-0.4, -0.2) is 23.2 Å². The molecule has 0 aliphatic heterocycles. The molecule has 1 saturated carbocycles. The first-order valence-corrected chi connectivity index (χ1v) is 8.57. The molecule has 0 unspecified atom stereocenters. The number of aliphatic hydroxyl groups excluding tert-OH is 1. The number of carbonyl (C=O) groups is 1. The molecule has 0 radical (unpaired) electrons. The molecule has 1 aliphatic carbocycles. The van der Waals surface area contributed by atoms with Crippen molar-refractivity contribution in [3.8, 4) is 0 Å². The van der Waals surface area contributed by atoms with Gasteiger partial charge in [0, 0.05) is 11.6 Å². The maximum Gasteiger partial charge on any atom is 0.224 e. The van der Waals surface area contributed by atoms with Crippen molar-refractivity contribution >= 4 is 5.91 Å². The van der Waals surface area contributed by atoms with Gasteiger partial charge < -0.3 is 10.4 Å². The van der Waals surface area contributed by atoms with Crippen molar-refractivity contribution < 1.29 is 23.1 Å². The first kappa shape index (κ1) is 18.5. The number of benzene rings is 2. The van der Waals surface area contributed by atoms with E-state index in [1.807, 2.05) is 30.3 Å². The quantitative estimate of drug-likeness (QED) is 0.775. The molecule has 3 nitrogen and oxygen atoms in total. The van der Waals surface area contributed by atoms with Gasteiger partial charge in [0.05, 0.1) is 12.5 Å². The number of amides is 1. The van der Waals surface area contributed by atoms with Crippen LogP contribution < -0.4 is 5.32 Å². The van der Waals surface area contributed by atoms with E-state index in [4.69, 9.17) is 0 Å². The van der Waals surface area contributed by atoms with E-state index in [2.05, 4.69) is 5.32 Å². The fourth-order valence-corrected chi connectivity index (χ4v) is 3.30. The van der Waals surface area contributed by atoms with E-state index in [1.54, 1.807) is 0 Å². The Morgan fingerprint density at radius 2 is 1.77 bits per heavy atom. The van der Waals surface area contributed by atoms with E-state index in [0.29, 0.717) is 19.3 Å². The lowest BCUT2D eigenvalue weighted by atomic mass is 9.75.